The summed E-state index contributed by atoms with van der Waals surface area (Å²) < 4.78 is 28.4. The number of benzene rings is 2. The Labute approximate surface area is 195 Å². The van der Waals surface area contributed by atoms with Gasteiger partial charge >= 0.3 is 0 Å². The monoisotopic (exact) mass is 469 g/mol. The second kappa shape index (κ2) is 10.1. The van der Waals surface area contributed by atoms with E-state index in [0.29, 0.717) is 19.5 Å². The maximum Gasteiger partial charge on any atom is 0.240 e. The minimum Gasteiger partial charge on any atom is -0.343 e. The minimum absolute atomic E-state index is 0.0394. The molecule has 1 fully saturated rings. The predicted molar refractivity (Wildman–Crippen MR) is 128 cm³/mol. The molecule has 2 heterocycles. The number of sulfonamides is 1. The molecule has 1 saturated heterocycles. The summed E-state index contributed by atoms with van der Waals surface area (Å²) >= 11 is 0. The van der Waals surface area contributed by atoms with Crippen LogP contribution in [0, 0.1) is 0 Å². The van der Waals surface area contributed by atoms with Crippen molar-refractivity contribution in [3.05, 3.63) is 59.7 Å². The summed E-state index contributed by atoms with van der Waals surface area (Å²) in [7, 11) is -3.66. The third-order valence-electron chi connectivity index (χ3n) is 6.52. The van der Waals surface area contributed by atoms with Gasteiger partial charge in [0.05, 0.1) is 4.90 Å². The van der Waals surface area contributed by atoms with Gasteiger partial charge in [-0.1, -0.05) is 37.3 Å². The van der Waals surface area contributed by atoms with Gasteiger partial charge in [-0.2, -0.15) is 0 Å². The van der Waals surface area contributed by atoms with Crippen molar-refractivity contribution >= 4 is 27.5 Å². The van der Waals surface area contributed by atoms with E-state index in [1.165, 1.54) is 0 Å². The van der Waals surface area contributed by atoms with Gasteiger partial charge in [0.1, 0.15) is 0 Å². The Hall–Kier alpha value is -2.71. The lowest BCUT2D eigenvalue weighted by atomic mass is 10.0. The van der Waals surface area contributed by atoms with Crippen LogP contribution in [-0.4, -0.2) is 51.3 Å². The Bertz CT molecular complexity index is 1110. The molecule has 0 spiro atoms. The molecule has 4 rings (SSSR count). The zero-order valence-electron chi connectivity index (χ0n) is 19.0. The molecular weight excluding hydrogens is 438 g/mol. The average Bonchev–Trinajstić information content (AvgIpc) is 3.51. The SMILES string of the molecule is CC(CNS(=O)(=O)c1ccc2c(c1)CCN2C(=O)CCC(=O)N1CCCC1)c1ccccc1. The molecule has 2 aliphatic heterocycles. The fraction of sp³-hybridized carbons (Fsp3) is 0.440. The highest BCUT2D eigenvalue weighted by molar-refractivity contribution is 7.89. The molecule has 0 aromatic heterocycles. The maximum atomic E-state index is 12.9. The van der Waals surface area contributed by atoms with Gasteiger partial charge in [0.15, 0.2) is 0 Å². The second-order valence-corrected chi connectivity index (χ2v) is 10.6. The summed E-state index contributed by atoms with van der Waals surface area (Å²) in [6, 6.07) is 14.7. The van der Waals surface area contributed by atoms with Gasteiger partial charge in [-0.3, -0.25) is 9.59 Å². The van der Waals surface area contributed by atoms with Crippen LogP contribution < -0.4 is 9.62 Å². The van der Waals surface area contributed by atoms with Crippen molar-refractivity contribution in [3.8, 4) is 0 Å². The molecule has 0 saturated carbocycles. The number of anilines is 1. The Morgan fingerprint density at radius 3 is 2.39 bits per heavy atom. The summed E-state index contributed by atoms with van der Waals surface area (Å²) in [4.78, 5) is 28.7. The molecule has 2 aromatic rings. The molecule has 2 amide bonds. The highest BCUT2D eigenvalue weighted by Crippen LogP contribution is 2.31. The van der Waals surface area contributed by atoms with Crippen LogP contribution in [0.1, 0.15) is 49.7 Å². The predicted octanol–water partition coefficient (Wildman–Crippen LogP) is 3.06. The first-order valence-corrected chi connectivity index (χ1v) is 13.1. The Kier molecular flexibility index (Phi) is 7.14. The van der Waals surface area contributed by atoms with Crippen LogP contribution in [0.3, 0.4) is 0 Å². The van der Waals surface area contributed by atoms with Crippen molar-refractivity contribution in [3.63, 3.8) is 0 Å². The van der Waals surface area contributed by atoms with Crippen molar-refractivity contribution in [2.75, 3.05) is 31.1 Å². The van der Waals surface area contributed by atoms with E-state index in [1.807, 2.05) is 42.2 Å². The number of nitrogens with one attached hydrogen (secondary N) is 1. The lowest BCUT2D eigenvalue weighted by molar-refractivity contribution is -0.132. The standard InChI is InChI=1S/C25H31N3O4S/c1-19(20-7-3-2-4-8-20)18-26-33(31,32)22-9-10-23-21(17-22)13-16-28(23)25(30)12-11-24(29)27-14-5-6-15-27/h2-4,7-10,17,19,26H,5-6,11-16,18H2,1H3. The van der Waals surface area contributed by atoms with Gasteiger partial charge < -0.3 is 9.80 Å². The summed E-state index contributed by atoms with van der Waals surface area (Å²) in [5.41, 5.74) is 2.66. The molecule has 8 heteroatoms. The second-order valence-electron chi connectivity index (χ2n) is 8.84. The fourth-order valence-electron chi connectivity index (χ4n) is 4.50. The van der Waals surface area contributed by atoms with Crippen LogP contribution in [0.15, 0.2) is 53.4 Å². The number of carbonyl (C=O) groups excluding carboxylic acids is 2. The number of rotatable bonds is 8. The molecule has 0 aliphatic carbocycles. The lowest BCUT2D eigenvalue weighted by Gasteiger charge is -2.19. The zero-order chi connectivity index (χ0) is 23.4. The van der Waals surface area contributed by atoms with Gasteiger partial charge in [0, 0.05) is 44.7 Å². The normalized spacial score (nSPS) is 16.6. The molecular formula is C25H31N3O4S. The van der Waals surface area contributed by atoms with Crippen molar-refractivity contribution in [2.24, 2.45) is 0 Å². The highest BCUT2D eigenvalue weighted by Gasteiger charge is 2.28. The maximum absolute atomic E-state index is 12.9. The Balaban J connectivity index is 1.37. The molecule has 1 unspecified atom stereocenters. The largest absolute Gasteiger partial charge is 0.343 e. The number of amides is 2. The summed E-state index contributed by atoms with van der Waals surface area (Å²) in [6.45, 7) is 4.37. The van der Waals surface area contributed by atoms with E-state index in [4.69, 9.17) is 0 Å². The fourth-order valence-corrected chi connectivity index (χ4v) is 5.68. The van der Waals surface area contributed by atoms with E-state index >= 15 is 0 Å². The van der Waals surface area contributed by atoms with Gasteiger partial charge in [0.2, 0.25) is 21.8 Å². The summed E-state index contributed by atoms with van der Waals surface area (Å²) in [5, 5.41) is 0. The van der Waals surface area contributed by atoms with Crippen LogP contribution in [0.2, 0.25) is 0 Å². The zero-order valence-corrected chi connectivity index (χ0v) is 19.8. The van der Waals surface area contributed by atoms with Gasteiger partial charge in [-0.25, -0.2) is 13.1 Å². The molecule has 2 aliphatic rings. The number of carbonyl (C=O) groups is 2. The Morgan fingerprint density at radius 1 is 0.970 bits per heavy atom. The smallest absolute Gasteiger partial charge is 0.240 e. The van der Waals surface area contributed by atoms with Crippen LogP contribution >= 0.6 is 0 Å². The van der Waals surface area contributed by atoms with Crippen molar-refractivity contribution in [1.82, 2.24) is 9.62 Å². The van der Waals surface area contributed by atoms with Crippen LogP contribution in [0.25, 0.3) is 0 Å². The summed E-state index contributed by atoms with van der Waals surface area (Å²) in [5.74, 6) is -0.00369. The molecule has 176 valence electrons. The third-order valence-corrected chi connectivity index (χ3v) is 7.94. The van der Waals surface area contributed by atoms with E-state index in [0.717, 1.165) is 42.7 Å². The van der Waals surface area contributed by atoms with Crippen LogP contribution in [0.4, 0.5) is 5.69 Å². The van der Waals surface area contributed by atoms with E-state index in [9.17, 15) is 18.0 Å². The topological polar surface area (TPSA) is 86.8 Å². The minimum atomic E-state index is -3.66. The molecule has 2 aromatic carbocycles. The number of nitrogens with zero attached hydrogens (tertiary/aromatic N) is 2. The summed E-state index contributed by atoms with van der Waals surface area (Å²) in [6.07, 6.45) is 3.06. The van der Waals surface area contributed by atoms with Crippen LogP contribution in [-0.2, 0) is 26.0 Å². The van der Waals surface area contributed by atoms with Crippen molar-refractivity contribution < 1.29 is 18.0 Å². The molecule has 1 atom stereocenters. The first kappa shape index (κ1) is 23.4. The first-order valence-electron chi connectivity index (χ1n) is 11.6. The number of fused-ring (bicyclic) bond motifs is 1. The molecule has 7 nitrogen and oxygen atoms in total. The van der Waals surface area contributed by atoms with Gasteiger partial charge in [0.25, 0.3) is 0 Å². The van der Waals surface area contributed by atoms with E-state index in [1.54, 1.807) is 23.1 Å². The number of hydrogen-bond donors (Lipinski definition) is 1. The third kappa shape index (κ3) is 5.45. The average molecular weight is 470 g/mol. The quantitative estimate of drug-likeness (QED) is 0.644. The van der Waals surface area contributed by atoms with Crippen molar-refractivity contribution in [2.45, 2.75) is 49.8 Å². The van der Waals surface area contributed by atoms with Crippen molar-refractivity contribution in [1.29, 1.82) is 0 Å². The number of likely N-dealkylation sites (tertiary alicyclic amines) is 1. The lowest BCUT2D eigenvalue weighted by Crippen LogP contribution is -2.32. The molecule has 0 radical (unpaired) electrons. The van der Waals surface area contributed by atoms with Gasteiger partial charge in [-0.15, -0.1) is 0 Å². The van der Waals surface area contributed by atoms with Crippen LogP contribution in [0.5, 0.6) is 0 Å². The first-order chi connectivity index (χ1) is 15.8. The molecule has 33 heavy (non-hydrogen) atoms. The van der Waals surface area contributed by atoms with Gasteiger partial charge in [-0.05, 0) is 54.5 Å². The Morgan fingerprint density at radius 2 is 1.67 bits per heavy atom. The van der Waals surface area contributed by atoms with E-state index in [-0.39, 0.29) is 35.5 Å². The molecule has 1 N–H and O–H groups in total. The number of hydrogen-bond acceptors (Lipinski definition) is 4. The highest BCUT2D eigenvalue weighted by atomic mass is 32.2. The molecule has 0 bridgehead atoms. The van der Waals surface area contributed by atoms with E-state index < -0.39 is 10.0 Å². The van der Waals surface area contributed by atoms with E-state index in [2.05, 4.69) is 4.72 Å².